The molecule has 0 unspecified atom stereocenters. The number of ether oxygens (including phenoxy) is 2. The van der Waals surface area contributed by atoms with Crippen molar-refractivity contribution in [3.63, 3.8) is 0 Å². The Morgan fingerprint density at radius 3 is 2.30 bits per heavy atom. The van der Waals surface area contributed by atoms with Gasteiger partial charge in [-0.05, 0) is 24.0 Å². The van der Waals surface area contributed by atoms with E-state index in [1.54, 1.807) is 6.07 Å². The van der Waals surface area contributed by atoms with Crippen LogP contribution < -0.4 is 4.74 Å². The van der Waals surface area contributed by atoms with Crippen molar-refractivity contribution in [2.24, 2.45) is 0 Å². The SMILES string of the molecule is Cc1ccc(O[C@@H]2O[C@H](CO)[C@@H](O)[C@@H](O)[C@H]2O)c(C(C)(C)C)c1. The first-order chi connectivity index (χ1) is 10.6. The predicted octanol–water partition coefficient (Wildman–Crippen LogP) is 0.471. The van der Waals surface area contributed by atoms with Gasteiger partial charge in [0.2, 0.25) is 6.29 Å². The minimum Gasteiger partial charge on any atom is -0.462 e. The molecule has 130 valence electrons. The van der Waals surface area contributed by atoms with E-state index >= 15 is 0 Å². The van der Waals surface area contributed by atoms with Gasteiger partial charge in [0.05, 0.1) is 6.61 Å². The molecule has 0 radical (unpaired) electrons. The molecular formula is C17H26O6. The van der Waals surface area contributed by atoms with Crippen LogP contribution in [0.15, 0.2) is 18.2 Å². The summed E-state index contributed by atoms with van der Waals surface area (Å²) in [6, 6.07) is 5.67. The Balaban J connectivity index is 2.28. The quantitative estimate of drug-likeness (QED) is 0.644. The lowest BCUT2D eigenvalue weighted by atomic mass is 9.85. The van der Waals surface area contributed by atoms with E-state index in [0.29, 0.717) is 5.75 Å². The summed E-state index contributed by atoms with van der Waals surface area (Å²) in [5.74, 6) is 0.535. The fraction of sp³-hybridized carbons (Fsp3) is 0.647. The van der Waals surface area contributed by atoms with E-state index in [4.69, 9.17) is 9.47 Å². The van der Waals surface area contributed by atoms with Crippen molar-refractivity contribution in [2.45, 2.75) is 63.8 Å². The van der Waals surface area contributed by atoms with Gasteiger partial charge in [-0.1, -0.05) is 38.5 Å². The molecule has 6 nitrogen and oxygen atoms in total. The monoisotopic (exact) mass is 326 g/mol. The van der Waals surface area contributed by atoms with E-state index in [1.165, 1.54) is 0 Å². The van der Waals surface area contributed by atoms with Crippen LogP contribution in [0.2, 0.25) is 0 Å². The van der Waals surface area contributed by atoms with Crippen LogP contribution in [-0.4, -0.2) is 57.7 Å². The molecule has 1 aliphatic heterocycles. The van der Waals surface area contributed by atoms with Crippen molar-refractivity contribution in [3.8, 4) is 5.75 Å². The average Bonchev–Trinajstić information content (AvgIpc) is 2.48. The van der Waals surface area contributed by atoms with E-state index in [1.807, 2.05) is 39.8 Å². The molecule has 5 atom stereocenters. The fourth-order valence-corrected chi connectivity index (χ4v) is 2.62. The lowest BCUT2D eigenvalue weighted by molar-refractivity contribution is -0.277. The summed E-state index contributed by atoms with van der Waals surface area (Å²) in [6.45, 7) is 7.63. The molecule has 1 saturated heterocycles. The standard InChI is InChI=1S/C17H26O6/c1-9-5-6-11(10(7-9)17(2,3)4)22-16-15(21)14(20)13(19)12(8-18)23-16/h5-7,12-16,18-21H,8H2,1-4H3/t12-,13-,14-,15-,16-/m1/s1. The minimum absolute atomic E-state index is 0.185. The molecule has 2 rings (SSSR count). The van der Waals surface area contributed by atoms with Crippen LogP contribution in [0.25, 0.3) is 0 Å². The van der Waals surface area contributed by atoms with Crippen LogP contribution in [0.1, 0.15) is 31.9 Å². The zero-order valence-electron chi connectivity index (χ0n) is 13.9. The van der Waals surface area contributed by atoms with Gasteiger partial charge in [0.1, 0.15) is 30.2 Å². The summed E-state index contributed by atoms with van der Waals surface area (Å²) in [5.41, 5.74) is 1.83. The lowest BCUT2D eigenvalue weighted by Gasteiger charge is -2.40. The van der Waals surface area contributed by atoms with Crippen LogP contribution in [-0.2, 0) is 10.2 Å². The molecule has 1 aromatic rings. The van der Waals surface area contributed by atoms with E-state index in [2.05, 4.69) is 0 Å². The first-order valence-electron chi connectivity index (χ1n) is 7.73. The second kappa shape index (κ2) is 6.75. The van der Waals surface area contributed by atoms with E-state index in [-0.39, 0.29) is 5.41 Å². The highest BCUT2D eigenvalue weighted by molar-refractivity contribution is 5.41. The van der Waals surface area contributed by atoms with Crippen LogP contribution in [0.3, 0.4) is 0 Å². The number of rotatable bonds is 3. The number of aliphatic hydroxyl groups is 4. The van der Waals surface area contributed by atoms with Crippen LogP contribution in [0, 0.1) is 6.92 Å². The van der Waals surface area contributed by atoms with Gasteiger partial charge in [0.15, 0.2) is 0 Å². The van der Waals surface area contributed by atoms with E-state index in [9.17, 15) is 20.4 Å². The third-order valence-corrected chi connectivity index (χ3v) is 4.03. The molecule has 0 amide bonds. The van der Waals surface area contributed by atoms with Crippen LogP contribution in [0.4, 0.5) is 0 Å². The molecule has 1 aromatic carbocycles. The van der Waals surface area contributed by atoms with Crippen molar-refractivity contribution >= 4 is 0 Å². The summed E-state index contributed by atoms with van der Waals surface area (Å²) < 4.78 is 11.2. The number of hydrogen-bond donors (Lipinski definition) is 4. The van der Waals surface area contributed by atoms with Gasteiger partial charge in [-0.25, -0.2) is 0 Å². The van der Waals surface area contributed by atoms with Crippen molar-refractivity contribution in [3.05, 3.63) is 29.3 Å². The molecule has 0 bridgehead atoms. The zero-order valence-corrected chi connectivity index (χ0v) is 13.9. The molecule has 4 N–H and O–H groups in total. The Hall–Kier alpha value is -1.18. The molecule has 1 fully saturated rings. The fourth-order valence-electron chi connectivity index (χ4n) is 2.62. The van der Waals surface area contributed by atoms with Gasteiger partial charge < -0.3 is 29.9 Å². The van der Waals surface area contributed by atoms with Crippen molar-refractivity contribution in [2.75, 3.05) is 6.61 Å². The number of aryl methyl sites for hydroxylation is 1. The number of aliphatic hydroxyl groups excluding tert-OH is 4. The maximum absolute atomic E-state index is 10.1. The molecule has 0 aliphatic carbocycles. The first-order valence-corrected chi connectivity index (χ1v) is 7.73. The largest absolute Gasteiger partial charge is 0.462 e. The number of benzene rings is 1. The second-order valence-electron chi connectivity index (χ2n) is 7.06. The van der Waals surface area contributed by atoms with Gasteiger partial charge in [0.25, 0.3) is 0 Å². The molecule has 1 heterocycles. The van der Waals surface area contributed by atoms with Crippen molar-refractivity contribution in [1.29, 1.82) is 0 Å². The number of hydrogen-bond acceptors (Lipinski definition) is 6. The van der Waals surface area contributed by atoms with Crippen LogP contribution in [0.5, 0.6) is 5.75 Å². The summed E-state index contributed by atoms with van der Waals surface area (Å²) >= 11 is 0. The maximum atomic E-state index is 10.1. The Morgan fingerprint density at radius 2 is 1.74 bits per heavy atom. The maximum Gasteiger partial charge on any atom is 0.229 e. The first kappa shape index (κ1) is 18.2. The van der Waals surface area contributed by atoms with Gasteiger partial charge in [0, 0.05) is 0 Å². The molecule has 0 aromatic heterocycles. The zero-order chi connectivity index (χ0) is 17.4. The van der Waals surface area contributed by atoms with Gasteiger partial charge in [-0.15, -0.1) is 0 Å². The third-order valence-electron chi connectivity index (χ3n) is 4.03. The van der Waals surface area contributed by atoms with Crippen molar-refractivity contribution < 1.29 is 29.9 Å². The Kier molecular flexibility index (Phi) is 5.33. The highest BCUT2D eigenvalue weighted by Gasteiger charge is 2.45. The van der Waals surface area contributed by atoms with E-state index < -0.39 is 37.3 Å². The minimum atomic E-state index is -1.45. The van der Waals surface area contributed by atoms with E-state index in [0.717, 1.165) is 11.1 Å². The third kappa shape index (κ3) is 3.84. The Bertz CT molecular complexity index is 536. The highest BCUT2D eigenvalue weighted by Crippen LogP contribution is 2.34. The highest BCUT2D eigenvalue weighted by atomic mass is 16.7. The van der Waals surface area contributed by atoms with Gasteiger partial charge in [-0.2, -0.15) is 0 Å². The van der Waals surface area contributed by atoms with Crippen LogP contribution >= 0.6 is 0 Å². The Morgan fingerprint density at radius 1 is 1.09 bits per heavy atom. The molecule has 0 spiro atoms. The predicted molar refractivity (Wildman–Crippen MR) is 84.3 cm³/mol. The summed E-state index contributed by atoms with van der Waals surface area (Å²) in [5, 5.41) is 39.0. The Labute approximate surface area is 136 Å². The molecule has 23 heavy (non-hydrogen) atoms. The van der Waals surface area contributed by atoms with Gasteiger partial charge in [-0.3, -0.25) is 0 Å². The summed E-state index contributed by atoms with van der Waals surface area (Å²) in [4.78, 5) is 0. The smallest absolute Gasteiger partial charge is 0.229 e. The van der Waals surface area contributed by atoms with Gasteiger partial charge >= 0.3 is 0 Å². The molecule has 1 aliphatic rings. The van der Waals surface area contributed by atoms with Crippen molar-refractivity contribution in [1.82, 2.24) is 0 Å². The summed E-state index contributed by atoms with van der Waals surface area (Å²) in [7, 11) is 0. The molecular weight excluding hydrogens is 300 g/mol. The normalized spacial score (nSPS) is 31.9. The molecule has 0 saturated carbocycles. The lowest BCUT2D eigenvalue weighted by Crippen LogP contribution is -2.60. The second-order valence-corrected chi connectivity index (χ2v) is 7.06. The summed E-state index contributed by atoms with van der Waals surface area (Å²) in [6.07, 6.45) is -6.41. The average molecular weight is 326 g/mol. The topological polar surface area (TPSA) is 99.4 Å². The molecule has 6 heteroatoms.